The molecule has 0 saturated heterocycles. The second-order valence-electron chi connectivity index (χ2n) is 5.52. The molecule has 0 aliphatic rings. The Morgan fingerprint density at radius 1 is 1.38 bits per heavy atom. The fraction of sp³-hybridized carbons (Fsp3) is 0.500. The minimum atomic E-state index is 0.0999. The maximum Gasteiger partial charge on any atom is 0.0538 e. The van der Waals surface area contributed by atoms with E-state index in [1.807, 2.05) is 36.3 Å². The number of pyridine rings is 1. The fourth-order valence-corrected chi connectivity index (χ4v) is 2.62. The van der Waals surface area contributed by atoms with Crippen LogP contribution < -0.4 is 5.73 Å². The van der Waals surface area contributed by atoms with Gasteiger partial charge in [-0.15, -0.1) is 0 Å². The summed E-state index contributed by atoms with van der Waals surface area (Å²) in [6.45, 7) is 3.05. The van der Waals surface area contributed by atoms with E-state index in [1.54, 1.807) is 0 Å². The number of aryl methyl sites for hydroxylation is 1. The SMILES string of the molecule is CCC(N)C(c1cnn(C)c1)N(C)CCc1ccccn1. The lowest BCUT2D eigenvalue weighted by atomic mass is 9.99. The second-order valence-corrected chi connectivity index (χ2v) is 5.52. The molecule has 5 nitrogen and oxygen atoms in total. The van der Waals surface area contributed by atoms with E-state index in [-0.39, 0.29) is 12.1 Å². The van der Waals surface area contributed by atoms with Crippen LogP contribution in [0.15, 0.2) is 36.8 Å². The lowest BCUT2D eigenvalue weighted by molar-refractivity contribution is 0.211. The molecule has 2 unspecified atom stereocenters. The zero-order valence-corrected chi connectivity index (χ0v) is 13.1. The number of hydrogen-bond acceptors (Lipinski definition) is 4. The van der Waals surface area contributed by atoms with Crippen LogP contribution in [0.1, 0.15) is 30.6 Å². The molecule has 2 N–H and O–H groups in total. The summed E-state index contributed by atoms with van der Waals surface area (Å²) in [5, 5.41) is 4.28. The van der Waals surface area contributed by atoms with Crippen LogP contribution in [0.3, 0.4) is 0 Å². The molecule has 0 aliphatic heterocycles. The summed E-state index contributed by atoms with van der Waals surface area (Å²) in [6, 6.07) is 6.32. The van der Waals surface area contributed by atoms with Crippen LogP contribution in [0.2, 0.25) is 0 Å². The Balaban J connectivity index is 2.06. The van der Waals surface area contributed by atoms with Gasteiger partial charge in [0.1, 0.15) is 0 Å². The van der Waals surface area contributed by atoms with Crippen molar-refractivity contribution in [2.24, 2.45) is 12.8 Å². The molecule has 2 heterocycles. The van der Waals surface area contributed by atoms with Crippen molar-refractivity contribution in [2.75, 3.05) is 13.6 Å². The molecule has 0 aliphatic carbocycles. The van der Waals surface area contributed by atoms with E-state index in [4.69, 9.17) is 5.73 Å². The summed E-state index contributed by atoms with van der Waals surface area (Å²) in [5.41, 5.74) is 8.62. The van der Waals surface area contributed by atoms with Gasteiger partial charge in [-0.2, -0.15) is 5.10 Å². The molecule has 0 bridgehead atoms. The van der Waals surface area contributed by atoms with Gasteiger partial charge in [0, 0.05) is 49.7 Å². The molecular weight excluding hydrogens is 262 g/mol. The van der Waals surface area contributed by atoms with E-state index < -0.39 is 0 Å². The van der Waals surface area contributed by atoms with Crippen molar-refractivity contribution in [3.63, 3.8) is 0 Å². The van der Waals surface area contributed by atoms with Crippen molar-refractivity contribution in [3.8, 4) is 0 Å². The topological polar surface area (TPSA) is 60.0 Å². The molecule has 0 amide bonds. The molecule has 2 aromatic heterocycles. The zero-order chi connectivity index (χ0) is 15.2. The number of likely N-dealkylation sites (N-methyl/N-ethyl adjacent to an activating group) is 1. The number of aromatic nitrogens is 3. The van der Waals surface area contributed by atoms with Gasteiger partial charge < -0.3 is 5.73 Å². The fourth-order valence-electron chi connectivity index (χ4n) is 2.62. The summed E-state index contributed by atoms with van der Waals surface area (Å²) in [6.07, 6.45) is 7.67. The first kappa shape index (κ1) is 15.7. The van der Waals surface area contributed by atoms with Crippen molar-refractivity contribution in [1.29, 1.82) is 0 Å². The van der Waals surface area contributed by atoms with Crippen molar-refractivity contribution in [1.82, 2.24) is 19.7 Å². The monoisotopic (exact) mass is 287 g/mol. The third kappa shape index (κ3) is 4.12. The molecule has 0 radical (unpaired) electrons. The van der Waals surface area contributed by atoms with Crippen LogP contribution in [0.4, 0.5) is 0 Å². The van der Waals surface area contributed by atoms with Gasteiger partial charge in [-0.25, -0.2) is 0 Å². The van der Waals surface area contributed by atoms with E-state index in [0.717, 1.165) is 25.1 Å². The predicted molar refractivity (Wildman–Crippen MR) is 84.8 cm³/mol. The van der Waals surface area contributed by atoms with Crippen molar-refractivity contribution in [2.45, 2.75) is 31.8 Å². The van der Waals surface area contributed by atoms with Gasteiger partial charge in [-0.3, -0.25) is 14.6 Å². The van der Waals surface area contributed by atoms with E-state index in [9.17, 15) is 0 Å². The molecule has 0 saturated carbocycles. The molecule has 0 aromatic carbocycles. The Morgan fingerprint density at radius 3 is 2.76 bits per heavy atom. The maximum absolute atomic E-state index is 6.33. The Morgan fingerprint density at radius 2 is 2.19 bits per heavy atom. The number of hydrogen-bond donors (Lipinski definition) is 1. The van der Waals surface area contributed by atoms with Crippen LogP contribution in [0.5, 0.6) is 0 Å². The second kappa shape index (κ2) is 7.33. The summed E-state index contributed by atoms with van der Waals surface area (Å²) >= 11 is 0. The molecule has 5 heteroatoms. The highest BCUT2D eigenvalue weighted by atomic mass is 15.2. The third-order valence-corrected chi connectivity index (χ3v) is 3.86. The molecule has 2 atom stereocenters. The van der Waals surface area contributed by atoms with E-state index >= 15 is 0 Å². The van der Waals surface area contributed by atoms with Gasteiger partial charge >= 0.3 is 0 Å². The molecule has 21 heavy (non-hydrogen) atoms. The Bertz CT molecular complexity index is 537. The smallest absolute Gasteiger partial charge is 0.0538 e. The molecule has 114 valence electrons. The van der Waals surface area contributed by atoms with Crippen LogP contribution in [-0.4, -0.2) is 39.3 Å². The number of nitrogens with zero attached hydrogens (tertiary/aromatic N) is 4. The van der Waals surface area contributed by atoms with Gasteiger partial charge in [-0.1, -0.05) is 13.0 Å². The lowest BCUT2D eigenvalue weighted by Gasteiger charge is -2.31. The molecular formula is C16H25N5. The zero-order valence-electron chi connectivity index (χ0n) is 13.1. The molecule has 2 aromatic rings. The molecule has 2 rings (SSSR count). The standard InChI is InChI=1S/C16H25N5/c1-4-15(17)16(13-11-19-21(3)12-13)20(2)10-8-14-7-5-6-9-18-14/h5-7,9,11-12,15-16H,4,8,10,17H2,1-3H3. The third-order valence-electron chi connectivity index (χ3n) is 3.86. The van der Waals surface area contributed by atoms with Crippen molar-refractivity contribution in [3.05, 3.63) is 48.0 Å². The summed E-state index contributed by atoms with van der Waals surface area (Å²) < 4.78 is 1.83. The molecule has 0 spiro atoms. The highest BCUT2D eigenvalue weighted by Gasteiger charge is 2.24. The lowest BCUT2D eigenvalue weighted by Crippen LogP contribution is -2.39. The van der Waals surface area contributed by atoms with Crippen LogP contribution >= 0.6 is 0 Å². The van der Waals surface area contributed by atoms with E-state index in [1.165, 1.54) is 5.56 Å². The average Bonchev–Trinajstić information content (AvgIpc) is 2.92. The van der Waals surface area contributed by atoms with Gasteiger partial charge in [0.2, 0.25) is 0 Å². The quantitative estimate of drug-likeness (QED) is 0.843. The van der Waals surface area contributed by atoms with Crippen molar-refractivity contribution < 1.29 is 0 Å². The molecule has 0 fully saturated rings. The summed E-state index contributed by atoms with van der Waals surface area (Å²) in [5.74, 6) is 0. The summed E-state index contributed by atoms with van der Waals surface area (Å²) in [4.78, 5) is 6.68. The largest absolute Gasteiger partial charge is 0.326 e. The van der Waals surface area contributed by atoms with E-state index in [2.05, 4.69) is 41.2 Å². The first-order valence-corrected chi connectivity index (χ1v) is 7.46. The predicted octanol–water partition coefficient (Wildman–Crippen LogP) is 1.77. The van der Waals surface area contributed by atoms with Gasteiger partial charge in [-0.05, 0) is 25.6 Å². The Hall–Kier alpha value is -1.72. The van der Waals surface area contributed by atoms with Crippen molar-refractivity contribution >= 4 is 0 Å². The van der Waals surface area contributed by atoms with Crippen LogP contribution in [0, 0.1) is 0 Å². The Kier molecular flexibility index (Phi) is 5.47. The first-order valence-electron chi connectivity index (χ1n) is 7.46. The number of nitrogens with two attached hydrogens (primary N) is 1. The highest BCUT2D eigenvalue weighted by molar-refractivity contribution is 5.13. The van der Waals surface area contributed by atoms with Gasteiger partial charge in [0.15, 0.2) is 0 Å². The van der Waals surface area contributed by atoms with Gasteiger partial charge in [0.25, 0.3) is 0 Å². The van der Waals surface area contributed by atoms with Crippen LogP contribution in [-0.2, 0) is 13.5 Å². The van der Waals surface area contributed by atoms with Crippen LogP contribution in [0.25, 0.3) is 0 Å². The Labute approximate surface area is 126 Å². The highest BCUT2D eigenvalue weighted by Crippen LogP contribution is 2.23. The normalized spacial score (nSPS) is 14.3. The minimum absolute atomic E-state index is 0.0999. The van der Waals surface area contributed by atoms with E-state index in [0.29, 0.717) is 0 Å². The minimum Gasteiger partial charge on any atom is -0.326 e. The average molecular weight is 287 g/mol. The summed E-state index contributed by atoms with van der Waals surface area (Å²) in [7, 11) is 4.06. The first-order chi connectivity index (χ1) is 10.1. The van der Waals surface area contributed by atoms with Gasteiger partial charge in [0.05, 0.1) is 12.2 Å². The number of rotatable bonds is 7. The maximum atomic E-state index is 6.33.